The topological polar surface area (TPSA) is 50.4 Å². The van der Waals surface area contributed by atoms with Gasteiger partial charge in [-0.1, -0.05) is 51.9 Å². The first-order chi connectivity index (χ1) is 9.57. The van der Waals surface area contributed by atoms with Crippen LogP contribution in [0.25, 0.3) is 0 Å². The molecule has 0 fully saturated rings. The fourth-order valence-electron chi connectivity index (χ4n) is 2.52. The number of hydrogen-bond acceptors (Lipinski definition) is 2. The maximum absolute atomic E-state index is 11.0. The van der Waals surface area contributed by atoms with Crippen molar-refractivity contribution in [3.8, 4) is 0 Å². The van der Waals surface area contributed by atoms with Gasteiger partial charge >= 0.3 is 5.97 Å². The zero-order valence-corrected chi connectivity index (χ0v) is 13.1. The Bertz CT molecular complexity index is 418. The summed E-state index contributed by atoms with van der Waals surface area (Å²) in [6, 6.07) is 0. The van der Waals surface area contributed by atoms with E-state index in [-0.39, 0.29) is 5.76 Å². The maximum atomic E-state index is 11.0. The lowest BCUT2D eigenvalue weighted by molar-refractivity contribution is 0.0659. The van der Waals surface area contributed by atoms with Gasteiger partial charge in [0.1, 0.15) is 5.76 Å². The molecule has 1 rings (SSSR count). The second-order valence-electron chi connectivity index (χ2n) is 5.63. The van der Waals surface area contributed by atoms with Crippen molar-refractivity contribution in [2.75, 3.05) is 0 Å². The number of hydrogen-bond donors (Lipinski definition) is 1. The molecule has 0 atom stereocenters. The number of carboxylic acid groups (broad SMARTS) is 1. The first kappa shape index (κ1) is 16.8. The summed E-state index contributed by atoms with van der Waals surface area (Å²) in [6.07, 6.45) is 11.1. The number of carboxylic acids is 1. The van der Waals surface area contributed by atoms with Gasteiger partial charge in [0.15, 0.2) is 0 Å². The molecule has 0 aliphatic rings. The van der Waals surface area contributed by atoms with Crippen LogP contribution in [-0.4, -0.2) is 11.1 Å². The first-order valence-electron chi connectivity index (χ1n) is 7.90. The molecule has 3 nitrogen and oxygen atoms in total. The second-order valence-corrected chi connectivity index (χ2v) is 5.63. The van der Waals surface area contributed by atoms with Crippen molar-refractivity contribution >= 4 is 5.97 Å². The van der Waals surface area contributed by atoms with Crippen molar-refractivity contribution in [1.29, 1.82) is 0 Å². The minimum absolute atomic E-state index is 0.108. The largest absolute Gasteiger partial charge is 0.475 e. The van der Waals surface area contributed by atoms with Crippen molar-refractivity contribution in [2.24, 2.45) is 0 Å². The van der Waals surface area contributed by atoms with E-state index in [9.17, 15) is 4.79 Å². The Morgan fingerprint density at radius 1 is 0.950 bits per heavy atom. The second kappa shape index (κ2) is 8.83. The number of furan rings is 1. The molecular weight excluding hydrogens is 252 g/mol. The lowest BCUT2D eigenvalue weighted by atomic mass is 10.0. The molecular formula is C17H28O3. The molecule has 3 heteroatoms. The van der Waals surface area contributed by atoms with Gasteiger partial charge in [0, 0.05) is 12.0 Å². The van der Waals surface area contributed by atoms with Crippen molar-refractivity contribution in [1.82, 2.24) is 0 Å². The molecule has 1 heterocycles. The predicted octanol–water partition coefficient (Wildman–Crippen LogP) is 5.28. The highest BCUT2D eigenvalue weighted by atomic mass is 16.4. The zero-order valence-electron chi connectivity index (χ0n) is 13.1. The quantitative estimate of drug-likeness (QED) is 0.593. The van der Waals surface area contributed by atoms with E-state index in [4.69, 9.17) is 9.52 Å². The molecule has 1 aromatic heterocycles. The zero-order chi connectivity index (χ0) is 15.0. The van der Waals surface area contributed by atoms with Crippen molar-refractivity contribution in [3.63, 3.8) is 0 Å². The first-order valence-corrected chi connectivity index (χ1v) is 7.90. The minimum Gasteiger partial charge on any atom is -0.475 e. The van der Waals surface area contributed by atoms with Gasteiger partial charge in [0.25, 0.3) is 0 Å². The molecule has 0 aliphatic carbocycles. The average molecular weight is 280 g/mol. The van der Waals surface area contributed by atoms with Crippen LogP contribution in [0.5, 0.6) is 0 Å². The van der Waals surface area contributed by atoms with Crippen LogP contribution in [0.3, 0.4) is 0 Å². The predicted molar refractivity (Wildman–Crippen MR) is 81.5 cm³/mol. The molecule has 0 spiro atoms. The Hall–Kier alpha value is -1.25. The van der Waals surface area contributed by atoms with Gasteiger partial charge in [0.05, 0.1) is 0 Å². The standard InChI is InChI=1S/C17H28O3/c1-4-5-6-7-8-9-10-11-12-15-13(2)14(3)16(20-15)17(18)19/h4-12H2,1-3H3,(H,18,19). The van der Waals surface area contributed by atoms with Gasteiger partial charge in [-0.25, -0.2) is 4.79 Å². The van der Waals surface area contributed by atoms with Crippen LogP contribution >= 0.6 is 0 Å². The third-order valence-corrected chi connectivity index (χ3v) is 4.00. The molecule has 114 valence electrons. The maximum Gasteiger partial charge on any atom is 0.372 e. The van der Waals surface area contributed by atoms with E-state index in [1.165, 1.54) is 44.9 Å². The minimum atomic E-state index is -0.965. The van der Waals surface area contributed by atoms with Gasteiger partial charge in [-0.2, -0.15) is 0 Å². The summed E-state index contributed by atoms with van der Waals surface area (Å²) in [6.45, 7) is 6.00. The Balaban J connectivity index is 2.25. The molecule has 1 N–H and O–H groups in total. The Morgan fingerprint density at radius 2 is 1.50 bits per heavy atom. The van der Waals surface area contributed by atoms with Crippen LogP contribution < -0.4 is 0 Å². The summed E-state index contributed by atoms with van der Waals surface area (Å²) in [4.78, 5) is 11.0. The third-order valence-electron chi connectivity index (χ3n) is 4.00. The van der Waals surface area contributed by atoms with Crippen LogP contribution in [-0.2, 0) is 6.42 Å². The monoisotopic (exact) mass is 280 g/mol. The van der Waals surface area contributed by atoms with E-state index < -0.39 is 5.97 Å². The summed E-state index contributed by atoms with van der Waals surface area (Å²) in [5.41, 5.74) is 1.78. The highest BCUT2D eigenvalue weighted by molar-refractivity contribution is 5.86. The summed E-state index contributed by atoms with van der Waals surface area (Å²) in [5.74, 6) is -0.00396. The molecule has 0 radical (unpaired) electrons. The molecule has 0 aliphatic heterocycles. The van der Waals surface area contributed by atoms with E-state index in [1.54, 1.807) is 0 Å². The van der Waals surface area contributed by atoms with Gasteiger partial charge in [-0.3, -0.25) is 0 Å². The van der Waals surface area contributed by atoms with Crippen LogP contribution in [0, 0.1) is 13.8 Å². The van der Waals surface area contributed by atoms with Crippen molar-refractivity contribution in [2.45, 2.75) is 78.6 Å². The van der Waals surface area contributed by atoms with Gasteiger partial charge in [-0.15, -0.1) is 0 Å². The van der Waals surface area contributed by atoms with Crippen LogP contribution in [0.2, 0.25) is 0 Å². The molecule has 20 heavy (non-hydrogen) atoms. The summed E-state index contributed by atoms with van der Waals surface area (Å²) >= 11 is 0. The molecule has 0 saturated carbocycles. The highest BCUT2D eigenvalue weighted by Gasteiger charge is 2.18. The van der Waals surface area contributed by atoms with E-state index in [2.05, 4.69) is 6.92 Å². The van der Waals surface area contributed by atoms with Crippen LogP contribution in [0.4, 0.5) is 0 Å². The summed E-state index contributed by atoms with van der Waals surface area (Å²) < 4.78 is 5.47. The van der Waals surface area contributed by atoms with E-state index in [0.717, 1.165) is 29.7 Å². The highest BCUT2D eigenvalue weighted by Crippen LogP contribution is 2.23. The SMILES string of the molecule is CCCCCCCCCCc1oc(C(=O)O)c(C)c1C. The van der Waals surface area contributed by atoms with Crippen molar-refractivity contribution < 1.29 is 14.3 Å². The van der Waals surface area contributed by atoms with Gasteiger partial charge < -0.3 is 9.52 Å². The Kier molecular flexibility index (Phi) is 7.42. The van der Waals surface area contributed by atoms with E-state index >= 15 is 0 Å². The smallest absolute Gasteiger partial charge is 0.372 e. The molecule has 0 unspecified atom stereocenters. The number of aryl methyl sites for hydroxylation is 1. The molecule has 0 amide bonds. The van der Waals surface area contributed by atoms with Gasteiger partial charge in [-0.05, 0) is 25.8 Å². The fraction of sp³-hybridized carbons (Fsp3) is 0.706. The van der Waals surface area contributed by atoms with Gasteiger partial charge in [0.2, 0.25) is 5.76 Å². The van der Waals surface area contributed by atoms with Crippen molar-refractivity contribution in [3.05, 3.63) is 22.6 Å². The van der Waals surface area contributed by atoms with E-state index in [1.807, 2.05) is 13.8 Å². The van der Waals surface area contributed by atoms with E-state index in [0.29, 0.717) is 0 Å². The third kappa shape index (κ3) is 5.03. The molecule has 1 aromatic rings. The Labute approximate surface area is 122 Å². The summed E-state index contributed by atoms with van der Waals surface area (Å²) in [7, 11) is 0. The number of unbranched alkanes of at least 4 members (excludes halogenated alkanes) is 7. The number of carbonyl (C=O) groups is 1. The fourth-order valence-corrected chi connectivity index (χ4v) is 2.52. The lowest BCUT2D eigenvalue weighted by Gasteiger charge is -2.01. The number of rotatable bonds is 10. The normalized spacial score (nSPS) is 10.9. The molecule has 0 saturated heterocycles. The average Bonchev–Trinajstić information content (AvgIpc) is 2.70. The van der Waals surface area contributed by atoms with Crippen LogP contribution in [0.1, 0.15) is 85.7 Å². The summed E-state index contributed by atoms with van der Waals surface area (Å²) in [5, 5.41) is 9.02. The lowest BCUT2D eigenvalue weighted by Crippen LogP contribution is -1.95. The molecule has 0 bridgehead atoms. The van der Waals surface area contributed by atoms with Crippen LogP contribution in [0.15, 0.2) is 4.42 Å². The molecule has 0 aromatic carbocycles. The Morgan fingerprint density at radius 3 is 2.00 bits per heavy atom. The number of aromatic carboxylic acids is 1.